The van der Waals surface area contributed by atoms with Gasteiger partial charge in [-0.3, -0.25) is 4.99 Å². The molecule has 4 nitrogen and oxygen atoms in total. The number of hydrogen-bond acceptors (Lipinski definition) is 3. The van der Waals surface area contributed by atoms with Crippen LogP contribution in [0.3, 0.4) is 0 Å². The lowest BCUT2D eigenvalue weighted by atomic mass is 10.2. The SMILES string of the molecule is CN=C(NCCCOC(C)C)NC1CCC(SC)C1. The summed E-state index contributed by atoms with van der Waals surface area (Å²) in [6.07, 6.45) is 7.35. The van der Waals surface area contributed by atoms with Crippen LogP contribution in [0.1, 0.15) is 39.5 Å². The predicted molar refractivity (Wildman–Crippen MR) is 85.1 cm³/mol. The fraction of sp³-hybridized carbons (Fsp3) is 0.929. The van der Waals surface area contributed by atoms with Gasteiger partial charge in [-0.25, -0.2) is 0 Å². The van der Waals surface area contributed by atoms with Crippen LogP contribution in [0.25, 0.3) is 0 Å². The lowest BCUT2D eigenvalue weighted by molar-refractivity contribution is 0.0776. The molecule has 1 rings (SSSR count). The van der Waals surface area contributed by atoms with E-state index in [1.165, 1.54) is 19.3 Å². The summed E-state index contributed by atoms with van der Waals surface area (Å²) in [7, 11) is 1.83. The zero-order valence-electron chi connectivity index (χ0n) is 12.7. The highest BCUT2D eigenvalue weighted by atomic mass is 32.2. The molecule has 5 heteroatoms. The van der Waals surface area contributed by atoms with Crippen molar-refractivity contribution in [2.24, 2.45) is 4.99 Å². The van der Waals surface area contributed by atoms with Crippen molar-refractivity contribution in [2.75, 3.05) is 26.5 Å². The molecule has 1 fully saturated rings. The zero-order valence-corrected chi connectivity index (χ0v) is 13.6. The summed E-state index contributed by atoms with van der Waals surface area (Å²) in [6, 6.07) is 0.579. The highest BCUT2D eigenvalue weighted by molar-refractivity contribution is 7.99. The minimum atomic E-state index is 0.319. The van der Waals surface area contributed by atoms with E-state index in [0.717, 1.165) is 30.8 Å². The largest absolute Gasteiger partial charge is 0.379 e. The molecule has 2 unspecified atom stereocenters. The fourth-order valence-corrected chi connectivity index (χ4v) is 3.07. The molecule has 0 aromatic rings. The molecule has 0 aromatic heterocycles. The summed E-state index contributed by atoms with van der Waals surface area (Å²) in [4.78, 5) is 4.28. The molecule has 1 aliphatic rings. The molecule has 0 bridgehead atoms. The highest BCUT2D eigenvalue weighted by Crippen LogP contribution is 2.27. The molecular weight excluding hydrogens is 258 g/mol. The monoisotopic (exact) mass is 287 g/mol. The van der Waals surface area contributed by atoms with Crippen molar-refractivity contribution in [3.05, 3.63) is 0 Å². The number of nitrogens with zero attached hydrogens (tertiary/aromatic N) is 1. The molecule has 0 aliphatic heterocycles. The van der Waals surface area contributed by atoms with Crippen molar-refractivity contribution < 1.29 is 4.74 Å². The van der Waals surface area contributed by atoms with E-state index >= 15 is 0 Å². The van der Waals surface area contributed by atoms with Gasteiger partial charge in [0.1, 0.15) is 0 Å². The third-order valence-corrected chi connectivity index (χ3v) is 4.44. The Morgan fingerprint density at radius 1 is 1.42 bits per heavy atom. The van der Waals surface area contributed by atoms with E-state index in [1.54, 1.807) is 0 Å². The Morgan fingerprint density at radius 3 is 2.79 bits per heavy atom. The van der Waals surface area contributed by atoms with E-state index in [2.05, 4.69) is 35.7 Å². The molecule has 2 N–H and O–H groups in total. The number of rotatable bonds is 7. The van der Waals surface area contributed by atoms with Crippen LogP contribution in [0, 0.1) is 0 Å². The van der Waals surface area contributed by atoms with Crippen molar-refractivity contribution in [1.82, 2.24) is 10.6 Å². The van der Waals surface area contributed by atoms with Gasteiger partial charge < -0.3 is 15.4 Å². The molecule has 0 heterocycles. The van der Waals surface area contributed by atoms with Crippen molar-refractivity contribution in [3.63, 3.8) is 0 Å². The standard InChI is InChI=1S/C14H29N3OS/c1-11(2)18-9-5-8-16-14(15-3)17-12-6-7-13(10-12)19-4/h11-13H,5-10H2,1-4H3,(H2,15,16,17). The Bertz CT molecular complexity index is 271. The lowest BCUT2D eigenvalue weighted by Crippen LogP contribution is -2.43. The zero-order chi connectivity index (χ0) is 14.1. The van der Waals surface area contributed by atoms with E-state index in [1.807, 2.05) is 18.8 Å². The first kappa shape index (κ1) is 16.6. The van der Waals surface area contributed by atoms with Gasteiger partial charge in [0.05, 0.1) is 6.10 Å². The second-order valence-electron chi connectivity index (χ2n) is 5.28. The van der Waals surface area contributed by atoms with Crippen molar-refractivity contribution >= 4 is 17.7 Å². The number of hydrogen-bond donors (Lipinski definition) is 2. The summed E-state index contributed by atoms with van der Waals surface area (Å²) >= 11 is 1.98. The summed E-state index contributed by atoms with van der Waals surface area (Å²) < 4.78 is 5.52. The van der Waals surface area contributed by atoms with Crippen molar-refractivity contribution in [3.8, 4) is 0 Å². The number of guanidine groups is 1. The van der Waals surface area contributed by atoms with Gasteiger partial charge in [-0.1, -0.05) is 0 Å². The Hall–Kier alpha value is -0.420. The van der Waals surface area contributed by atoms with Crippen LogP contribution in [0.5, 0.6) is 0 Å². The lowest BCUT2D eigenvalue weighted by Gasteiger charge is -2.17. The first-order valence-electron chi connectivity index (χ1n) is 7.27. The van der Waals surface area contributed by atoms with Crippen LogP contribution < -0.4 is 10.6 Å². The molecule has 1 saturated carbocycles. The molecule has 0 spiro atoms. The Morgan fingerprint density at radius 2 is 2.21 bits per heavy atom. The summed E-state index contributed by atoms with van der Waals surface area (Å²) in [5.41, 5.74) is 0. The molecule has 0 amide bonds. The second-order valence-corrected chi connectivity index (χ2v) is 6.42. The average molecular weight is 287 g/mol. The van der Waals surface area contributed by atoms with Gasteiger partial charge in [-0.15, -0.1) is 0 Å². The first-order chi connectivity index (χ1) is 9.15. The third-order valence-electron chi connectivity index (χ3n) is 3.35. The quantitative estimate of drug-likeness (QED) is 0.428. The van der Waals surface area contributed by atoms with Crippen LogP contribution in [0.15, 0.2) is 4.99 Å². The summed E-state index contributed by atoms with van der Waals surface area (Å²) in [6.45, 7) is 5.84. The number of ether oxygens (including phenoxy) is 1. The van der Waals surface area contributed by atoms with E-state index in [9.17, 15) is 0 Å². The molecule has 19 heavy (non-hydrogen) atoms. The second kappa shape index (κ2) is 9.48. The maximum atomic E-state index is 5.52. The number of thioether (sulfide) groups is 1. The van der Waals surface area contributed by atoms with Gasteiger partial charge in [0, 0.05) is 31.5 Å². The van der Waals surface area contributed by atoms with Crippen molar-refractivity contribution in [2.45, 2.75) is 56.9 Å². The van der Waals surface area contributed by atoms with Gasteiger partial charge in [0.25, 0.3) is 0 Å². The van der Waals surface area contributed by atoms with Crippen LogP contribution in [0.4, 0.5) is 0 Å². The molecule has 0 saturated heterocycles. The maximum Gasteiger partial charge on any atom is 0.191 e. The Balaban J connectivity index is 2.13. The molecule has 112 valence electrons. The Labute approximate surface area is 122 Å². The van der Waals surface area contributed by atoms with Gasteiger partial charge in [-0.2, -0.15) is 11.8 Å². The normalized spacial score (nSPS) is 23.9. The van der Waals surface area contributed by atoms with Crippen LogP contribution >= 0.6 is 11.8 Å². The van der Waals surface area contributed by atoms with Gasteiger partial charge in [0.2, 0.25) is 0 Å². The van der Waals surface area contributed by atoms with E-state index < -0.39 is 0 Å². The molecule has 1 aliphatic carbocycles. The molecule has 0 radical (unpaired) electrons. The van der Waals surface area contributed by atoms with Gasteiger partial charge in [0.15, 0.2) is 5.96 Å². The number of aliphatic imine (C=N–C) groups is 1. The van der Waals surface area contributed by atoms with Gasteiger partial charge >= 0.3 is 0 Å². The minimum Gasteiger partial charge on any atom is -0.379 e. The molecule has 2 atom stereocenters. The minimum absolute atomic E-state index is 0.319. The number of nitrogens with one attached hydrogen (secondary N) is 2. The highest BCUT2D eigenvalue weighted by Gasteiger charge is 2.24. The smallest absolute Gasteiger partial charge is 0.191 e. The van der Waals surface area contributed by atoms with E-state index in [0.29, 0.717) is 12.1 Å². The van der Waals surface area contributed by atoms with Gasteiger partial charge in [-0.05, 0) is 45.8 Å². The summed E-state index contributed by atoms with van der Waals surface area (Å²) in [5, 5.41) is 7.68. The molecule has 0 aromatic carbocycles. The third kappa shape index (κ3) is 7.06. The fourth-order valence-electron chi connectivity index (χ4n) is 2.27. The topological polar surface area (TPSA) is 45.7 Å². The van der Waals surface area contributed by atoms with Crippen LogP contribution in [0.2, 0.25) is 0 Å². The van der Waals surface area contributed by atoms with Crippen LogP contribution in [-0.2, 0) is 4.74 Å². The Kier molecular flexibility index (Phi) is 8.30. The van der Waals surface area contributed by atoms with E-state index in [-0.39, 0.29) is 0 Å². The summed E-state index contributed by atoms with van der Waals surface area (Å²) in [5.74, 6) is 0.927. The maximum absolute atomic E-state index is 5.52. The average Bonchev–Trinajstić information content (AvgIpc) is 2.84. The van der Waals surface area contributed by atoms with E-state index in [4.69, 9.17) is 4.74 Å². The first-order valence-corrected chi connectivity index (χ1v) is 8.56. The predicted octanol–water partition coefficient (Wildman–Crippen LogP) is 2.25. The van der Waals surface area contributed by atoms with Crippen LogP contribution in [-0.4, -0.2) is 49.8 Å². The molecular formula is C14H29N3OS. The van der Waals surface area contributed by atoms with Crippen molar-refractivity contribution in [1.29, 1.82) is 0 Å².